The summed E-state index contributed by atoms with van der Waals surface area (Å²) in [4.78, 5) is 22.6. The van der Waals surface area contributed by atoms with Gasteiger partial charge in [0, 0.05) is 36.4 Å². The molecule has 0 radical (unpaired) electrons. The fourth-order valence-corrected chi connectivity index (χ4v) is 1.11. The van der Waals surface area contributed by atoms with Gasteiger partial charge in [-0.3, -0.25) is 9.36 Å². The molecular formula is C10H9N5O. The first-order valence-electron chi connectivity index (χ1n) is 4.53. The molecule has 0 atom stereocenters. The average Bonchev–Trinajstić information content (AvgIpc) is 2.80. The van der Waals surface area contributed by atoms with Crippen LogP contribution < -0.4 is 5.73 Å². The van der Waals surface area contributed by atoms with E-state index in [0.29, 0.717) is 11.5 Å². The van der Waals surface area contributed by atoms with Gasteiger partial charge in [0.15, 0.2) is 0 Å². The molecule has 0 saturated heterocycles. The third-order valence-corrected chi connectivity index (χ3v) is 1.83. The molecule has 80 valence electrons. The number of nitrogens with two attached hydrogens (primary N) is 1. The molecule has 0 bridgehead atoms. The van der Waals surface area contributed by atoms with Crippen molar-refractivity contribution in [3.63, 3.8) is 0 Å². The largest absolute Gasteiger partial charge is 0.366 e. The number of primary amides is 1. The van der Waals surface area contributed by atoms with E-state index in [1.807, 2.05) is 0 Å². The number of aromatic nitrogens is 4. The maximum Gasteiger partial charge on any atom is 0.241 e. The third kappa shape index (κ3) is 2.30. The van der Waals surface area contributed by atoms with Gasteiger partial charge in [0.1, 0.15) is 6.33 Å². The van der Waals surface area contributed by atoms with E-state index in [1.165, 1.54) is 6.08 Å². The molecule has 2 rings (SSSR count). The first-order chi connectivity index (χ1) is 7.75. The summed E-state index contributed by atoms with van der Waals surface area (Å²) in [7, 11) is 0. The van der Waals surface area contributed by atoms with Gasteiger partial charge in [-0.15, -0.1) is 0 Å². The van der Waals surface area contributed by atoms with Gasteiger partial charge in [-0.05, 0) is 6.08 Å². The number of carbonyl (C=O) groups is 1. The van der Waals surface area contributed by atoms with E-state index in [1.54, 1.807) is 41.8 Å². The predicted octanol–water partition coefficient (Wildman–Crippen LogP) is 0.161. The van der Waals surface area contributed by atoms with Crippen molar-refractivity contribution in [1.29, 1.82) is 0 Å². The first-order valence-corrected chi connectivity index (χ1v) is 4.53. The van der Waals surface area contributed by atoms with Crippen molar-refractivity contribution in [2.75, 3.05) is 0 Å². The van der Waals surface area contributed by atoms with Gasteiger partial charge >= 0.3 is 0 Å². The Bertz CT molecular complexity index is 501. The van der Waals surface area contributed by atoms with Crippen LogP contribution in [-0.2, 0) is 4.79 Å². The maximum absolute atomic E-state index is 10.5. The van der Waals surface area contributed by atoms with E-state index in [0.717, 1.165) is 0 Å². The second-order valence-corrected chi connectivity index (χ2v) is 3.02. The van der Waals surface area contributed by atoms with Gasteiger partial charge < -0.3 is 5.73 Å². The van der Waals surface area contributed by atoms with Crippen molar-refractivity contribution in [2.45, 2.75) is 0 Å². The SMILES string of the molecule is NC(=O)C=Cc1cnc(-n2ccnc2)nc1. The highest BCUT2D eigenvalue weighted by Crippen LogP contribution is 2.02. The summed E-state index contributed by atoms with van der Waals surface area (Å²) >= 11 is 0. The fraction of sp³-hybridized carbons (Fsp3) is 0. The lowest BCUT2D eigenvalue weighted by molar-refractivity contribution is -0.113. The summed E-state index contributed by atoms with van der Waals surface area (Å²) in [5, 5.41) is 0. The molecule has 0 fully saturated rings. The van der Waals surface area contributed by atoms with Crippen LogP contribution in [0.2, 0.25) is 0 Å². The maximum atomic E-state index is 10.5. The van der Waals surface area contributed by atoms with Crippen LogP contribution in [-0.4, -0.2) is 25.4 Å². The molecule has 6 nitrogen and oxygen atoms in total. The number of nitrogens with zero attached hydrogens (tertiary/aromatic N) is 4. The van der Waals surface area contributed by atoms with Crippen LogP contribution in [0.25, 0.3) is 12.0 Å². The minimum Gasteiger partial charge on any atom is -0.366 e. The van der Waals surface area contributed by atoms with Gasteiger partial charge in [-0.1, -0.05) is 0 Å². The zero-order valence-corrected chi connectivity index (χ0v) is 8.32. The zero-order valence-electron chi connectivity index (χ0n) is 8.32. The van der Waals surface area contributed by atoms with E-state index >= 15 is 0 Å². The van der Waals surface area contributed by atoms with Crippen LogP contribution in [0.3, 0.4) is 0 Å². The summed E-state index contributed by atoms with van der Waals surface area (Å²) in [5.41, 5.74) is 5.68. The molecule has 0 unspecified atom stereocenters. The Morgan fingerprint density at radius 2 is 2.12 bits per heavy atom. The highest BCUT2D eigenvalue weighted by molar-refractivity contribution is 5.90. The van der Waals surface area contributed by atoms with E-state index in [-0.39, 0.29) is 0 Å². The summed E-state index contributed by atoms with van der Waals surface area (Å²) in [6.45, 7) is 0. The van der Waals surface area contributed by atoms with Crippen molar-refractivity contribution in [3.8, 4) is 5.95 Å². The quantitative estimate of drug-likeness (QED) is 0.739. The summed E-state index contributed by atoms with van der Waals surface area (Å²) < 4.78 is 1.68. The van der Waals surface area contributed by atoms with Crippen molar-refractivity contribution in [2.24, 2.45) is 5.73 Å². The summed E-state index contributed by atoms with van der Waals surface area (Å²) in [6.07, 6.45) is 11.0. The topological polar surface area (TPSA) is 86.7 Å². The molecule has 16 heavy (non-hydrogen) atoms. The summed E-state index contributed by atoms with van der Waals surface area (Å²) in [6, 6.07) is 0. The first kappa shape index (κ1) is 10.0. The second-order valence-electron chi connectivity index (χ2n) is 3.02. The van der Waals surface area contributed by atoms with Crippen LogP contribution in [0.4, 0.5) is 0 Å². The third-order valence-electron chi connectivity index (χ3n) is 1.83. The Hall–Kier alpha value is -2.50. The Balaban J connectivity index is 2.20. The highest BCUT2D eigenvalue weighted by atomic mass is 16.1. The van der Waals surface area contributed by atoms with Crippen LogP contribution in [0.1, 0.15) is 5.56 Å². The number of rotatable bonds is 3. The molecule has 1 amide bonds. The predicted molar refractivity (Wildman–Crippen MR) is 57.4 cm³/mol. The molecule has 2 aromatic heterocycles. The monoisotopic (exact) mass is 215 g/mol. The molecule has 2 N–H and O–H groups in total. The van der Waals surface area contributed by atoms with Crippen LogP contribution in [0, 0.1) is 0 Å². The molecule has 0 aliphatic rings. The van der Waals surface area contributed by atoms with Crippen LogP contribution in [0.15, 0.2) is 37.2 Å². The normalized spacial score (nSPS) is 10.8. The van der Waals surface area contributed by atoms with E-state index in [4.69, 9.17) is 5.73 Å². The molecule has 2 heterocycles. The average molecular weight is 215 g/mol. The molecule has 0 aliphatic carbocycles. The fourth-order valence-electron chi connectivity index (χ4n) is 1.11. The number of hydrogen-bond acceptors (Lipinski definition) is 4. The minimum atomic E-state index is -0.501. The lowest BCUT2D eigenvalue weighted by atomic mass is 10.3. The van der Waals surface area contributed by atoms with Gasteiger partial charge in [-0.25, -0.2) is 15.0 Å². The number of imidazole rings is 1. The Morgan fingerprint density at radius 3 is 2.69 bits per heavy atom. The number of amides is 1. The van der Waals surface area contributed by atoms with Crippen LogP contribution >= 0.6 is 0 Å². The van der Waals surface area contributed by atoms with Gasteiger partial charge in [0.25, 0.3) is 0 Å². The van der Waals surface area contributed by atoms with E-state index in [2.05, 4.69) is 15.0 Å². The van der Waals surface area contributed by atoms with Crippen molar-refractivity contribution >= 4 is 12.0 Å². The molecule has 0 aliphatic heterocycles. The Kier molecular flexibility index (Phi) is 2.73. The van der Waals surface area contributed by atoms with E-state index in [9.17, 15) is 4.79 Å². The standard InChI is InChI=1S/C10H9N5O/c11-9(16)2-1-8-5-13-10(14-6-8)15-4-3-12-7-15/h1-7H,(H2,11,16). The lowest BCUT2D eigenvalue weighted by Gasteiger charge is -1.98. The molecular weight excluding hydrogens is 206 g/mol. The number of hydrogen-bond donors (Lipinski definition) is 1. The number of carbonyl (C=O) groups excluding carboxylic acids is 1. The van der Waals surface area contributed by atoms with Crippen molar-refractivity contribution in [3.05, 3.63) is 42.8 Å². The van der Waals surface area contributed by atoms with Crippen molar-refractivity contribution < 1.29 is 4.79 Å². The lowest BCUT2D eigenvalue weighted by Crippen LogP contribution is -2.05. The van der Waals surface area contributed by atoms with Crippen molar-refractivity contribution in [1.82, 2.24) is 19.5 Å². The minimum absolute atomic E-state index is 0.501. The van der Waals surface area contributed by atoms with E-state index < -0.39 is 5.91 Å². The van der Waals surface area contributed by atoms with Gasteiger partial charge in [0.05, 0.1) is 0 Å². The second kappa shape index (κ2) is 4.35. The highest BCUT2D eigenvalue weighted by Gasteiger charge is 1.97. The van der Waals surface area contributed by atoms with Gasteiger partial charge in [0.2, 0.25) is 11.9 Å². The zero-order chi connectivity index (χ0) is 11.4. The molecule has 0 saturated carbocycles. The smallest absolute Gasteiger partial charge is 0.241 e. The van der Waals surface area contributed by atoms with Crippen LogP contribution in [0.5, 0.6) is 0 Å². The summed E-state index contributed by atoms with van der Waals surface area (Å²) in [5.74, 6) is 0.0208. The Morgan fingerprint density at radius 1 is 1.38 bits per heavy atom. The molecule has 6 heteroatoms. The molecule has 2 aromatic rings. The van der Waals surface area contributed by atoms with Gasteiger partial charge in [-0.2, -0.15) is 0 Å². The molecule has 0 aromatic carbocycles. The Labute approximate surface area is 91.5 Å². The molecule has 0 spiro atoms.